The smallest absolute Gasteiger partial charge is 0.247 e. The zero-order valence-corrected chi connectivity index (χ0v) is 10.8. The average Bonchev–Trinajstić information content (AvgIpc) is 2.73. The summed E-state index contributed by atoms with van der Waals surface area (Å²) in [6.45, 7) is 5.77. The van der Waals surface area contributed by atoms with Crippen molar-refractivity contribution in [1.29, 1.82) is 0 Å². The Morgan fingerprint density at radius 1 is 1.35 bits per heavy atom. The molecule has 0 aliphatic carbocycles. The molecule has 2 fully saturated rings. The number of hydrogen-bond donors (Lipinski definition) is 1. The van der Waals surface area contributed by atoms with Crippen LogP contribution in [0.15, 0.2) is 0 Å². The van der Waals surface area contributed by atoms with Gasteiger partial charge in [-0.05, 0) is 33.9 Å². The van der Waals surface area contributed by atoms with Crippen molar-refractivity contribution in [3.63, 3.8) is 0 Å². The molecule has 0 aromatic rings. The van der Waals surface area contributed by atoms with Gasteiger partial charge in [0.1, 0.15) is 0 Å². The quantitative estimate of drug-likeness (QED) is 0.694. The monoisotopic (exact) mass is 239 g/mol. The Bertz CT molecular complexity index is 330. The SMILES string of the molecule is CC(C)N1C(=O)CC(NC2CCN(C)C2)C1=O. The molecule has 2 saturated heterocycles. The third-order valence-corrected chi connectivity index (χ3v) is 3.53. The molecule has 2 amide bonds. The molecule has 2 atom stereocenters. The van der Waals surface area contributed by atoms with Gasteiger partial charge in [0.25, 0.3) is 0 Å². The number of carbonyl (C=O) groups excluding carboxylic acids is 2. The average molecular weight is 239 g/mol. The molecule has 5 heteroatoms. The van der Waals surface area contributed by atoms with Gasteiger partial charge in [0.15, 0.2) is 0 Å². The van der Waals surface area contributed by atoms with Crippen LogP contribution >= 0.6 is 0 Å². The van der Waals surface area contributed by atoms with E-state index in [1.807, 2.05) is 13.8 Å². The fraction of sp³-hybridized carbons (Fsp3) is 0.833. The lowest BCUT2D eigenvalue weighted by atomic mass is 10.2. The highest BCUT2D eigenvalue weighted by atomic mass is 16.2. The number of rotatable bonds is 3. The summed E-state index contributed by atoms with van der Waals surface area (Å²) in [5.74, 6) is -0.103. The van der Waals surface area contributed by atoms with Crippen molar-refractivity contribution in [2.24, 2.45) is 0 Å². The standard InChI is InChI=1S/C12H21N3O2/c1-8(2)15-11(16)6-10(12(15)17)13-9-4-5-14(3)7-9/h8-10,13H,4-7H2,1-3H3. The molecule has 2 aliphatic heterocycles. The van der Waals surface area contributed by atoms with Crippen LogP contribution in [0.25, 0.3) is 0 Å². The summed E-state index contributed by atoms with van der Waals surface area (Å²) in [5, 5.41) is 3.32. The minimum Gasteiger partial charge on any atom is -0.305 e. The number of imide groups is 1. The Kier molecular flexibility index (Phi) is 3.49. The topological polar surface area (TPSA) is 52.7 Å². The van der Waals surface area contributed by atoms with Gasteiger partial charge in [-0.3, -0.25) is 14.5 Å². The van der Waals surface area contributed by atoms with E-state index in [0.29, 0.717) is 12.5 Å². The highest BCUT2D eigenvalue weighted by Gasteiger charge is 2.41. The maximum Gasteiger partial charge on any atom is 0.247 e. The zero-order valence-electron chi connectivity index (χ0n) is 10.8. The number of hydrogen-bond acceptors (Lipinski definition) is 4. The van der Waals surface area contributed by atoms with Gasteiger partial charge in [0.05, 0.1) is 12.5 Å². The van der Waals surface area contributed by atoms with Crippen LogP contribution in [0, 0.1) is 0 Å². The summed E-state index contributed by atoms with van der Waals surface area (Å²) in [4.78, 5) is 27.4. The molecular formula is C12H21N3O2. The van der Waals surface area contributed by atoms with Crippen LogP contribution in [0.4, 0.5) is 0 Å². The van der Waals surface area contributed by atoms with Crippen molar-refractivity contribution in [2.45, 2.75) is 44.8 Å². The third-order valence-electron chi connectivity index (χ3n) is 3.53. The molecule has 2 heterocycles. The Hall–Kier alpha value is -0.940. The number of nitrogens with zero attached hydrogens (tertiary/aromatic N) is 2. The van der Waals surface area contributed by atoms with E-state index >= 15 is 0 Å². The van der Waals surface area contributed by atoms with Crippen LogP contribution in [0.1, 0.15) is 26.7 Å². The van der Waals surface area contributed by atoms with Crippen molar-refractivity contribution in [3.05, 3.63) is 0 Å². The molecule has 2 rings (SSSR count). The molecule has 17 heavy (non-hydrogen) atoms. The predicted octanol–water partition coefficient (Wildman–Crippen LogP) is -0.184. The first-order valence-corrected chi connectivity index (χ1v) is 6.29. The second-order valence-electron chi connectivity index (χ2n) is 5.37. The zero-order chi connectivity index (χ0) is 12.6. The van der Waals surface area contributed by atoms with Gasteiger partial charge in [-0.2, -0.15) is 0 Å². The largest absolute Gasteiger partial charge is 0.305 e. The van der Waals surface area contributed by atoms with E-state index in [4.69, 9.17) is 0 Å². The normalized spacial score (nSPS) is 30.9. The predicted molar refractivity (Wildman–Crippen MR) is 64.4 cm³/mol. The number of likely N-dealkylation sites (tertiary alicyclic amines) is 2. The summed E-state index contributed by atoms with van der Waals surface area (Å²) >= 11 is 0. The Balaban J connectivity index is 1.95. The van der Waals surface area contributed by atoms with E-state index in [1.54, 1.807) is 0 Å². The van der Waals surface area contributed by atoms with Crippen LogP contribution in [0.3, 0.4) is 0 Å². The molecule has 96 valence electrons. The van der Waals surface area contributed by atoms with Gasteiger partial charge in [0, 0.05) is 18.6 Å². The summed E-state index contributed by atoms with van der Waals surface area (Å²) in [6, 6.07) is 0.00307. The molecule has 0 aromatic heterocycles. The van der Waals surface area contributed by atoms with E-state index in [0.717, 1.165) is 19.5 Å². The van der Waals surface area contributed by atoms with Crippen LogP contribution < -0.4 is 5.32 Å². The third kappa shape index (κ3) is 2.50. The molecule has 0 bridgehead atoms. The number of nitrogens with one attached hydrogen (secondary N) is 1. The van der Waals surface area contributed by atoms with Crippen LogP contribution in [0.5, 0.6) is 0 Å². The lowest BCUT2D eigenvalue weighted by molar-refractivity contribution is -0.140. The highest BCUT2D eigenvalue weighted by molar-refractivity contribution is 6.05. The maximum absolute atomic E-state index is 12.1. The number of amides is 2. The second kappa shape index (κ2) is 4.74. The van der Waals surface area contributed by atoms with Crippen LogP contribution in [-0.4, -0.2) is 59.9 Å². The minimum atomic E-state index is -0.304. The van der Waals surface area contributed by atoms with E-state index in [-0.39, 0.29) is 23.9 Å². The summed E-state index contributed by atoms with van der Waals surface area (Å²) in [5.41, 5.74) is 0. The molecular weight excluding hydrogens is 218 g/mol. The second-order valence-corrected chi connectivity index (χ2v) is 5.37. The number of carbonyl (C=O) groups is 2. The van der Waals surface area contributed by atoms with E-state index in [1.165, 1.54) is 4.90 Å². The molecule has 2 unspecified atom stereocenters. The van der Waals surface area contributed by atoms with Gasteiger partial charge >= 0.3 is 0 Å². The summed E-state index contributed by atoms with van der Waals surface area (Å²) in [7, 11) is 2.07. The molecule has 0 aromatic carbocycles. The highest BCUT2D eigenvalue weighted by Crippen LogP contribution is 2.18. The molecule has 5 nitrogen and oxygen atoms in total. The van der Waals surface area contributed by atoms with Gasteiger partial charge < -0.3 is 10.2 Å². The Labute approximate surface area is 102 Å². The van der Waals surface area contributed by atoms with Crippen molar-refractivity contribution < 1.29 is 9.59 Å². The van der Waals surface area contributed by atoms with Gasteiger partial charge in [0.2, 0.25) is 11.8 Å². The van der Waals surface area contributed by atoms with Crippen molar-refractivity contribution >= 4 is 11.8 Å². The summed E-state index contributed by atoms with van der Waals surface area (Å²) < 4.78 is 0. The van der Waals surface area contributed by atoms with Gasteiger partial charge in [-0.1, -0.05) is 0 Å². The van der Waals surface area contributed by atoms with Crippen LogP contribution in [-0.2, 0) is 9.59 Å². The molecule has 0 radical (unpaired) electrons. The molecule has 1 N–H and O–H groups in total. The maximum atomic E-state index is 12.1. The minimum absolute atomic E-state index is 0.0342. The van der Waals surface area contributed by atoms with Crippen molar-refractivity contribution in [3.8, 4) is 0 Å². The number of likely N-dealkylation sites (N-methyl/N-ethyl adjacent to an activating group) is 1. The van der Waals surface area contributed by atoms with Gasteiger partial charge in [-0.15, -0.1) is 0 Å². The molecule has 2 aliphatic rings. The first-order valence-electron chi connectivity index (χ1n) is 6.29. The fourth-order valence-corrected chi connectivity index (χ4v) is 2.68. The summed E-state index contributed by atoms with van der Waals surface area (Å²) in [6.07, 6.45) is 1.37. The van der Waals surface area contributed by atoms with E-state index < -0.39 is 0 Å². The first kappa shape index (κ1) is 12.5. The lowest BCUT2D eigenvalue weighted by Gasteiger charge is -2.20. The van der Waals surface area contributed by atoms with E-state index in [9.17, 15) is 9.59 Å². The fourth-order valence-electron chi connectivity index (χ4n) is 2.68. The molecule has 0 spiro atoms. The van der Waals surface area contributed by atoms with Crippen molar-refractivity contribution in [2.75, 3.05) is 20.1 Å². The van der Waals surface area contributed by atoms with E-state index in [2.05, 4.69) is 17.3 Å². The van der Waals surface area contributed by atoms with Gasteiger partial charge in [-0.25, -0.2) is 0 Å². The Morgan fingerprint density at radius 3 is 2.53 bits per heavy atom. The molecule has 0 saturated carbocycles. The Morgan fingerprint density at radius 2 is 2.06 bits per heavy atom. The van der Waals surface area contributed by atoms with Crippen molar-refractivity contribution in [1.82, 2.24) is 15.1 Å². The lowest BCUT2D eigenvalue weighted by Crippen LogP contribution is -2.46. The van der Waals surface area contributed by atoms with Crippen LogP contribution in [0.2, 0.25) is 0 Å². The first-order chi connectivity index (χ1) is 7.99.